The standard InChI is InChI=1S/C17H21BrN2O2/c1-2-19(13-6-4-3-5-7-13)11-20-15-9-8-12(18)10-14(15)16(21)17(20)22/h8-10,13H,2-7,11H2,1H3. The van der Waals surface area contributed by atoms with Gasteiger partial charge in [-0.05, 0) is 37.6 Å². The van der Waals surface area contributed by atoms with E-state index < -0.39 is 11.7 Å². The van der Waals surface area contributed by atoms with Crippen LogP contribution < -0.4 is 4.90 Å². The van der Waals surface area contributed by atoms with E-state index in [2.05, 4.69) is 27.8 Å². The first-order valence-corrected chi connectivity index (χ1v) is 8.81. The van der Waals surface area contributed by atoms with Crippen LogP contribution in [-0.2, 0) is 4.79 Å². The molecule has 118 valence electrons. The van der Waals surface area contributed by atoms with Gasteiger partial charge in [0.1, 0.15) is 0 Å². The summed E-state index contributed by atoms with van der Waals surface area (Å²) < 4.78 is 0.828. The van der Waals surface area contributed by atoms with Crippen molar-refractivity contribution in [1.82, 2.24) is 4.90 Å². The zero-order valence-electron chi connectivity index (χ0n) is 12.8. The van der Waals surface area contributed by atoms with Crippen LogP contribution in [0.3, 0.4) is 0 Å². The van der Waals surface area contributed by atoms with Gasteiger partial charge in [0.05, 0.1) is 17.9 Å². The first-order chi connectivity index (χ1) is 10.6. The Morgan fingerprint density at radius 2 is 1.95 bits per heavy atom. The van der Waals surface area contributed by atoms with Gasteiger partial charge in [-0.1, -0.05) is 42.1 Å². The Hall–Kier alpha value is -1.20. The summed E-state index contributed by atoms with van der Waals surface area (Å²) in [5.41, 5.74) is 1.26. The van der Waals surface area contributed by atoms with Gasteiger partial charge >= 0.3 is 5.91 Å². The number of benzene rings is 1. The molecule has 2 aliphatic rings. The Morgan fingerprint density at radius 1 is 1.23 bits per heavy atom. The number of anilines is 1. The fourth-order valence-corrected chi connectivity index (χ4v) is 3.88. The predicted octanol–water partition coefficient (Wildman–Crippen LogP) is 3.59. The van der Waals surface area contributed by atoms with Gasteiger partial charge in [0, 0.05) is 10.5 Å². The molecule has 0 radical (unpaired) electrons. The van der Waals surface area contributed by atoms with Crippen molar-refractivity contribution in [3.05, 3.63) is 28.2 Å². The van der Waals surface area contributed by atoms with E-state index in [1.54, 1.807) is 11.0 Å². The van der Waals surface area contributed by atoms with Crippen LogP contribution in [0.25, 0.3) is 0 Å². The first-order valence-electron chi connectivity index (χ1n) is 8.01. The van der Waals surface area contributed by atoms with Crippen molar-refractivity contribution in [2.24, 2.45) is 0 Å². The Labute approximate surface area is 139 Å². The number of carbonyl (C=O) groups is 2. The number of ketones is 1. The number of Topliss-reactive ketones (excluding diaryl/α,β-unsaturated/α-hetero) is 1. The van der Waals surface area contributed by atoms with E-state index in [1.165, 1.54) is 32.1 Å². The highest BCUT2D eigenvalue weighted by Crippen LogP contribution is 2.32. The number of carbonyl (C=O) groups excluding carboxylic acids is 2. The summed E-state index contributed by atoms with van der Waals surface area (Å²) in [6.45, 7) is 3.54. The molecule has 0 bridgehead atoms. The number of hydrogen-bond donors (Lipinski definition) is 0. The van der Waals surface area contributed by atoms with E-state index in [9.17, 15) is 9.59 Å². The van der Waals surface area contributed by atoms with Crippen molar-refractivity contribution in [3.63, 3.8) is 0 Å². The van der Waals surface area contributed by atoms with Crippen molar-refractivity contribution < 1.29 is 9.59 Å². The van der Waals surface area contributed by atoms with Crippen molar-refractivity contribution in [2.45, 2.75) is 45.1 Å². The predicted molar refractivity (Wildman–Crippen MR) is 90.1 cm³/mol. The number of rotatable bonds is 4. The number of fused-ring (bicyclic) bond motifs is 1. The molecule has 0 N–H and O–H groups in total. The van der Waals surface area contributed by atoms with Crippen molar-refractivity contribution in [3.8, 4) is 0 Å². The van der Waals surface area contributed by atoms with Crippen LogP contribution in [0.5, 0.6) is 0 Å². The molecule has 1 aliphatic carbocycles. The minimum Gasteiger partial charge on any atom is -0.291 e. The molecule has 5 heteroatoms. The molecule has 4 nitrogen and oxygen atoms in total. The highest BCUT2D eigenvalue weighted by atomic mass is 79.9. The lowest BCUT2D eigenvalue weighted by molar-refractivity contribution is -0.114. The van der Waals surface area contributed by atoms with E-state index in [0.717, 1.165) is 16.7 Å². The summed E-state index contributed by atoms with van der Waals surface area (Å²) in [6, 6.07) is 6.01. The third-order valence-electron chi connectivity index (χ3n) is 4.75. The fourth-order valence-electron chi connectivity index (χ4n) is 3.51. The second-order valence-corrected chi connectivity index (χ2v) is 6.98. The molecule has 1 saturated carbocycles. The van der Waals surface area contributed by atoms with E-state index in [0.29, 0.717) is 18.3 Å². The Kier molecular flexibility index (Phi) is 4.64. The van der Waals surface area contributed by atoms with Gasteiger partial charge in [-0.2, -0.15) is 0 Å². The highest BCUT2D eigenvalue weighted by Gasteiger charge is 2.37. The van der Waals surface area contributed by atoms with Gasteiger partial charge in [0.15, 0.2) is 0 Å². The molecule has 1 aliphatic heterocycles. The van der Waals surface area contributed by atoms with Crippen LogP contribution in [0.4, 0.5) is 5.69 Å². The number of amides is 1. The topological polar surface area (TPSA) is 40.6 Å². The Bertz CT molecular complexity index is 596. The van der Waals surface area contributed by atoms with Crippen molar-refractivity contribution >= 4 is 33.3 Å². The monoisotopic (exact) mass is 364 g/mol. The summed E-state index contributed by atoms with van der Waals surface area (Å²) >= 11 is 3.37. The zero-order valence-corrected chi connectivity index (χ0v) is 14.4. The maximum Gasteiger partial charge on any atom is 0.300 e. The number of hydrogen-bond acceptors (Lipinski definition) is 3. The Morgan fingerprint density at radius 3 is 2.64 bits per heavy atom. The second-order valence-electron chi connectivity index (χ2n) is 6.06. The SMILES string of the molecule is CCN(CN1C(=O)C(=O)c2cc(Br)ccc21)C1CCCCC1. The van der Waals surface area contributed by atoms with Crippen LogP contribution in [0.15, 0.2) is 22.7 Å². The second kappa shape index (κ2) is 6.50. The fraction of sp³-hybridized carbons (Fsp3) is 0.529. The maximum absolute atomic E-state index is 12.3. The van der Waals surface area contributed by atoms with Crippen LogP contribution >= 0.6 is 15.9 Å². The van der Waals surface area contributed by atoms with Gasteiger partial charge in [-0.15, -0.1) is 0 Å². The highest BCUT2D eigenvalue weighted by molar-refractivity contribution is 9.10. The molecular formula is C17H21BrN2O2. The van der Waals surface area contributed by atoms with Crippen LogP contribution in [0.2, 0.25) is 0 Å². The maximum atomic E-state index is 12.3. The lowest BCUT2D eigenvalue weighted by Gasteiger charge is -2.36. The third-order valence-corrected chi connectivity index (χ3v) is 5.25. The molecule has 0 unspecified atom stereocenters. The van der Waals surface area contributed by atoms with Crippen LogP contribution in [0.1, 0.15) is 49.4 Å². The van der Waals surface area contributed by atoms with Gasteiger partial charge < -0.3 is 0 Å². The summed E-state index contributed by atoms with van der Waals surface area (Å²) in [5.74, 6) is -0.793. The van der Waals surface area contributed by atoms with E-state index in [-0.39, 0.29) is 0 Å². The normalized spacial score (nSPS) is 19.1. The number of nitrogens with zero attached hydrogens (tertiary/aromatic N) is 2. The van der Waals surface area contributed by atoms with Gasteiger partial charge in [0.2, 0.25) is 0 Å². The van der Waals surface area contributed by atoms with E-state index >= 15 is 0 Å². The minimum atomic E-state index is -0.401. The van der Waals surface area contributed by atoms with Gasteiger partial charge in [-0.25, -0.2) is 0 Å². The largest absolute Gasteiger partial charge is 0.300 e. The molecule has 1 fully saturated rings. The average Bonchev–Trinajstić information content (AvgIpc) is 2.77. The molecular weight excluding hydrogens is 344 g/mol. The molecule has 1 aromatic carbocycles. The zero-order chi connectivity index (χ0) is 15.7. The lowest BCUT2D eigenvalue weighted by atomic mass is 9.94. The molecule has 3 rings (SSSR count). The van der Waals surface area contributed by atoms with Crippen LogP contribution in [-0.4, -0.2) is 35.8 Å². The lowest BCUT2D eigenvalue weighted by Crippen LogP contribution is -2.46. The molecule has 0 spiro atoms. The van der Waals surface area contributed by atoms with Crippen molar-refractivity contribution in [1.29, 1.82) is 0 Å². The molecule has 22 heavy (non-hydrogen) atoms. The minimum absolute atomic E-state index is 0.393. The molecule has 1 aromatic rings. The first kappa shape index (κ1) is 15.7. The van der Waals surface area contributed by atoms with Crippen LogP contribution in [0, 0.1) is 0 Å². The van der Waals surface area contributed by atoms with Gasteiger partial charge in [-0.3, -0.25) is 19.4 Å². The number of halogens is 1. The summed E-state index contributed by atoms with van der Waals surface area (Å²) in [6.07, 6.45) is 6.22. The summed E-state index contributed by atoms with van der Waals surface area (Å²) in [7, 11) is 0. The molecule has 1 amide bonds. The molecule has 1 heterocycles. The Balaban J connectivity index is 1.82. The molecule has 0 aromatic heterocycles. The van der Waals surface area contributed by atoms with Crippen molar-refractivity contribution in [2.75, 3.05) is 18.1 Å². The smallest absolute Gasteiger partial charge is 0.291 e. The van der Waals surface area contributed by atoms with E-state index in [1.807, 2.05) is 12.1 Å². The third kappa shape index (κ3) is 2.84. The van der Waals surface area contributed by atoms with E-state index in [4.69, 9.17) is 0 Å². The van der Waals surface area contributed by atoms with Gasteiger partial charge in [0.25, 0.3) is 5.78 Å². The molecule has 0 atom stereocenters. The summed E-state index contributed by atoms with van der Waals surface area (Å²) in [5, 5.41) is 0. The molecule has 0 saturated heterocycles. The average molecular weight is 365 g/mol. The summed E-state index contributed by atoms with van der Waals surface area (Å²) in [4.78, 5) is 28.5. The quantitative estimate of drug-likeness (QED) is 0.766.